The fraction of sp³-hybridized carbons (Fsp3) is 0.846. The Morgan fingerprint density at radius 3 is 2.35 bits per heavy atom. The monoisotopic (exact) mass is 241 g/mol. The van der Waals surface area contributed by atoms with E-state index >= 15 is 0 Å². The molecule has 0 aliphatic heterocycles. The summed E-state index contributed by atoms with van der Waals surface area (Å²) in [6, 6.07) is 0.209. The van der Waals surface area contributed by atoms with Gasteiger partial charge < -0.3 is 9.63 Å². The van der Waals surface area contributed by atoms with Gasteiger partial charge in [0.15, 0.2) is 0 Å². The molecular formula is C13H23NO3. The first-order valence-corrected chi connectivity index (χ1v) is 6.38. The van der Waals surface area contributed by atoms with Crippen molar-refractivity contribution >= 4 is 12.3 Å². The Morgan fingerprint density at radius 1 is 1.29 bits per heavy atom. The van der Waals surface area contributed by atoms with Crippen LogP contribution in [0.5, 0.6) is 0 Å². The van der Waals surface area contributed by atoms with Gasteiger partial charge in [-0.1, -0.05) is 19.3 Å². The first-order chi connectivity index (χ1) is 7.95. The lowest BCUT2D eigenvalue weighted by atomic mass is 9.95. The number of carbonyl (C=O) groups excluding carboxylic acids is 2. The molecular weight excluding hydrogens is 218 g/mol. The van der Waals surface area contributed by atoms with Gasteiger partial charge in [0.2, 0.25) is 0 Å². The highest BCUT2D eigenvalue weighted by molar-refractivity contribution is 5.75. The maximum absolute atomic E-state index is 11.8. The molecule has 98 valence electrons. The fourth-order valence-corrected chi connectivity index (χ4v) is 1.95. The average molecular weight is 241 g/mol. The first kappa shape index (κ1) is 14.2. The van der Waals surface area contributed by atoms with Crippen molar-refractivity contribution in [1.82, 2.24) is 5.06 Å². The summed E-state index contributed by atoms with van der Waals surface area (Å²) in [5.41, 5.74) is -0.532. The second-order valence-corrected chi connectivity index (χ2v) is 5.69. The summed E-state index contributed by atoms with van der Waals surface area (Å²) >= 11 is 0. The van der Waals surface area contributed by atoms with Crippen molar-refractivity contribution < 1.29 is 14.4 Å². The Hall–Kier alpha value is -0.900. The van der Waals surface area contributed by atoms with Crippen LogP contribution in [0.1, 0.15) is 52.9 Å². The molecule has 1 aliphatic carbocycles. The molecule has 17 heavy (non-hydrogen) atoms. The van der Waals surface area contributed by atoms with Gasteiger partial charge in [0.25, 0.3) is 0 Å². The maximum Gasteiger partial charge on any atom is 0.330 e. The number of hydrogen-bond acceptors (Lipinski definition) is 4. The average Bonchev–Trinajstić information content (AvgIpc) is 2.28. The summed E-state index contributed by atoms with van der Waals surface area (Å²) < 4.78 is 0. The first-order valence-electron chi connectivity index (χ1n) is 6.38. The molecule has 4 heteroatoms. The molecule has 0 saturated heterocycles. The van der Waals surface area contributed by atoms with Crippen molar-refractivity contribution in [2.75, 3.05) is 6.54 Å². The Bertz CT molecular complexity index is 264. The van der Waals surface area contributed by atoms with Gasteiger partial charge in [0.05, 0.1) is 12.0 Å². The molecule has 0 heterocycles. The van der Waals surface area contributed by atoms with E-state index in [1.54, 1.807) is 5.06 Å². The molecule has 0 aromatic carbocycles. The van der Waals surface area contributed by atoms with Gasteiger partial charge in [-0.05, 0) is 33.6 Å². The highest BCUT2D eigenvalue weighted by Gasteiger charge is 2.29. The van der Waals surface area contributed by atoms with Gasteiger partial charge in [-0.25, -0.2) is 4.79 Å². The topological polar surface area (TPSA) is 46.6 Å². The van der Waals surface area contributed by atoms with Crippen LogP contribution >= 0.6 is 0 Å². The molecule has 0 N–H and O–H groups in total. The summed E-state index contributed by atoms with van der Waals surface area (Å²) in [5, 5.41) is 1.57. The lowest BCUT2D eigenvalue weighted by Gasteiger charge is -2.32. The number of carbonyl (C=O) groups is 2. The van der Waals surface area contributed by atoms with E-state index in [1.165, 1.54) is 6.42 Å². The smallest absolute Gasteiger partial charge is 0.330 e. The number of rotatable bonds is 4. The quantitative estimate of drug-likeness (QED) is 0.560. The van der Waals surface area contributed by atoms with Crippen molar-refractivity contribution in [3.63, 3.8) is 0 Å². The lowest BCUT2D eigenvalue weighted by Crippen LogP contribution is -2.42. The van der Waals surface area contributed by atoms with Crippen LogP contribution in [0.3, 0.4) is 0 Å². The molecule has 0 bridgehead atoms. The molecule has 0 amide bonds. The van der Waals surface area contributed by atoms with E-state index in [9.17, 15) is 9.59 Å². The summed E-state index contributed by atoms with van der Waals surface area (Å²) in [6.07, 6.45) is 6.33. The molecule has 1 aliphatic rings. The van der Waals surface area contributed by atoms with Crippen molar-refractivity contribution in [1.29, 1.82) is 0 Å². The van der Waals surface area contributed by atoms with Crippen LogP contribution in [0.4, 0.5) is 0 Å². The molecule has 0 spiro atoms. The summed E-state index contributed by atoms with van der Waals surface area (Å²) in [7, 11) is 0. The van der Waals surface area contributed by atoms with Gasteiger partial charge in [-0.15, -0.1) is 5.06 Å². The number of hydroxylamine groups is 2. The summed E-state index contributed by atoms with van der Waals surface area (Å²) in [5.74, 6) is -0.273. The van der Waals surface area contributed by atoms with Crippen LogP contribution in [0, 0.1) is 5.41 Å². The third kappa shape index (κ3) is 4.46. The van der Waals surface area contributed by atoms with Crippen molar-refractivity contribution in [2.45, 2.75) is 58.9 Å². The van der Waals surface area contributed by atoms with E-state index in [0.29, 0.717) is 0 Å². The molecule has 0 aromatic heterocycles. The predicted molar refractivity (Wildman–Crippen MR) is 65.2 cm³/mol. The van der Waals surface area contributed by atoms with E-state index in [-0.39, 0.29) is 18.6 Å². The molecule has 0 unspecified atom stereocenters. The second-order valence-electron chi connectivity index (χ2n) is 5.69. The van der Waals surface area contributed by atoms with Crippen molar-refractivity contribution in [3.8, 4) is 0 Å². The molecule has 4 nitrogen and oxygen atoms in total. The predicted octanol–water partition coefficient (Wildman–Crippen LogP) is 2.32. The van der Waals surface area contributed by atoms with E-state index in [4.69, 9.17) is 4.84 Å². The largest absolute Gasteiger partial charge is 0.367 e. The lowest BCUT2D eigenvalue weighted by molar-refractivity contribution is -0.212. The number of hydrogen-bond donors (Lipinski definition) is 0. The van der Waals surface area contributed by atoms with Crippen LogP contribution in [0.25, 0.3) is 0 Å². The molecule has 1 fully saturated rings. The Morgan fingerprint density at radius 2 is 1.88 bits per heavy atom. The SMILES string of the molecule is CC(C)(C)C(=O)ON(CC=O)C1CCCCC1. The summed E-state index contributed by atoms with van der Waals surface area (Å²) in [6.45, 7) is 5.62. The summed E-state index contributed by atoms with van der Waals surface area (Å²) in [4.78, 5) is 27.8. The highest BCUT2D eigenvalue weighted by atomic mass is 16.7. The van der Waals surface area contributed by atoms with Gasteiger partial charge >= 0.3 is 5.97 Å². The second kappa shape index (κ2) is 6.15. The molecule has 1 rings (SSSR count). The zero-order chi connectivity index (χ0) is 12.9. The van der Waals surface area contributed by atoms with Crippen molar-refractivity contribution in [3.05, 3.63) is 0 Å². The molecule has 0 radical (unpaired) electrons. The van der Waals surface area contributed by atoms with Crippen LogP contribution in [-0.4, -0.2) is 29.9 Å². The third-order valence-corrected chi connectivity index (χ3v) is 3.05. The van der Waals surface area contributed by atoms with Gasteiger partial charge in [-0.2, -0.15) is 0 Å². The van der Waals surface area contributed by atoms with Crippen molar-refractivity contribution in [2.24, 2.45) is 5.41 Å². The minimum absolute atomic E-state index is 0.173. The fourth-order valence-electron chi connectivity index (χ4n) is 1.95. The number of nitrogens with zero attached hydrogens (tertiary/aromatic N) is 1. The Kier molecular flexibility index (Phi) is 5.12. The third-order valence-electron chi connectivity index (χ3n) is 3.05. The van der Waals surface area contributed by atoms with Gasteiger partial charge in [-0.3, -0.25) is 0 Å². The minimum atomic E-state index is -0.532. The van der Waals surface area contributed by atoms with E-state index in [0.717, 1.165) is 32.0 Å². The van der Waals surface area contributed by atoms with E-state index < -0.39 is 5.41 Å². The minimum Gasteiger partial charge on any atom is -0.367 e. The molecule has 1 saturated carbocycles. The van der Waals surface area contributed by atoms with E-state index in [2.05, 4.69) is 0 Å². The highest BCUT2D eigenvalue weighted by Crippen LogP contribution is 2.24. The van der Waals surface area contributed by atoms with Gasteiger partial charge in [0, 0.05) is 6.04 Å². The standard InChI is InChI=1S/C13H23NO3/c1-13(2,3)12(16)17-14(9-10-15)11-7-5-4-6-8-11/h10-11H,4-9H2,1-3H3. The van der Waals surface area contributed by atoms with Gasteiger partial charge in [0.1, 0.15) is 6.29 Å². The number of aldehydes is 1. The zero-order valence-electron chi connectivity index (χ0n) is 11.1. The van der Waals surface area contributed by atoms with Crippen LogP contribution in [0.2, 0.25) is 0 Å². The van der Waals surface area contributed by atoms with Crippen LogP contribution < -0.4 is 0 Å². The Balaban J connectivity index is 2.58. The normalized spacial score (nSPS) is 18.1. The van der Waals surface area contributed by atoms with E-state index in [1.807, 2.05) is 20.8 Å². The van der Waals surface area contributed by atoms with Crippen LogP contribution in [0.15, 0.2) is 0 Å². The maximum atomic E-state index is 11.8. The molecule has 0 aromatic rings. The molecule has 0 atom stereocenters. The zero-order valence-corrected chi connectivity index (χ0v) is 11.1. The van der Waals surface area contributed by atoms with Crippen LogP contribution in [-0.2, 0) is 14.4 Å². The Labute approximate surface area is 103 Å².